The van der Waals surface area contributed by atoms with E-state index in [1.54, 1.807) is 18.2 Å². The molecule has 1 aliphatic rings. The number of hydrogen-bond acceptors (Lipinski definition) is 2. The van der Waals surface area contributed by atoms with Gasteiger partial charge in [-0.25, -0.2) is 0 Å². The smallest absolute Gasteiger partial charge is 0.238 e. The van der Waals surface area contributed by atoms with Crippen molar-refractivity contribution in [3.05, 3.63) is 28.2 Å². The summed E-state index contributed by atoms with van der Waals surface area (Å²) in [4.78, 5) is 14.4. The number of carbonyl (C=O) groups is 1. The molecule has 0 spiro atoms. The maximum Gasteiger partial charge on any atom is 0.238 e. The molecule has 2 rings (SSSR count). The lowest BCUT2D eigenvalue weighted by Gasteiger charge is -2.38. The lowest BCUT2D eigenvalue weighted by atomic mass is 9.97. The maximum atomic E-state index is 12.2. The molecule has 20 heavy (non-hydrogen) atoms. The molecule has 1 amide bonds. The van der Waals surface area contributed by atoms with Crippen LogP contribution in [0.5, 0.6) is 0 Å². The zero-order valence-electron chi connectivity index (χ0n) is 11.8. The summed E-state index contributed by atoms with van der Waals surface area (Å²) in [7, 11) is 0. The van der Waals surface area contributed by atoms with Crippen molar-refractivity contribution in [2.24, 2.45) is 0 Å². The highest BCUT2D eigenvalue weighted by Crippen LogP contribution is 2.24. The maximum absolute atomic E-state index is 12.2. The standard InChI is InChI=1S/C15H20Cl2N2O/c1-10-4-3-5-11(2)19(10)9-15(20)18-14-7-12(16)6-13(17)8-14/h6-8,10-11H,3-5,9H2,1-2H3,(H,18,20). The molecular weight excluding hydrogens is 295 g/mol. The molecule has 0 aromatic heterocycles. The summed E-state index contributed by atoms with van der Waals surface area (Å²) in [6.07, 6.45) is 3.55. The molecule has 5 heteroatoms. The summed E-state index contributed by atoms with van der Waals surface area (Å²) in [5, 5.41) is 3.90. The van der Waals surface area contributed by atoms with Crippen LogP contribution in [0.1, 0.15) is 33.1 Å². The Bertz CT molecular complexity index is 463. The first-order valence-corrected chi connectivity index (χ1v) is 7.73. The summed E-state index contributed by atoms with van der Waals surface area (Å²) in [6.45, 7) is 4.77. The van der Waals surface area contributed by atoms with Gasteiger partial charge in [0.1, 0.15) is 0 Å². The van der Waals surface area contributed by atoms with E-state index >= 15 is 0 Å². The van der Waals surface area contributed by atoms with Crippen molar-refractivity contribution in [3.63, 3.8) is 0 Å². The molecule has 2 atom stereocenters. The molecular formula is C15H20Cl2N2O. The van der Waals surface area contributed by atoms with Crippen LogP contribution in [0.25, 0.3) is 0 Å². The lowest BCUT2D eigenvalue weighted by molar-refractivity contribution is -0.118. The fourth-order valence-electron chi connectivity index (χ4n) is 2.78. The number of halogens is 2. The van der Waals surface area contributed by atoms with Crippen molar-refractivity contribution in [2.75, 3.05) is 11.9 Å². The molecule has 0 bridgehead atoms. The van der Waals surface area contributed by atoms with Crippen molar-refractivity contribution in [2.45, 2.75) is 45.2 Å². The number of anilines is 1. The average Bonchev–Trinajstić information content (AvgIpc) is 2.32. The molecule has 1 fully saturated rings. The summed E-state index contributed by atoms with van der Waals surface area (Å²) < 4.78 is 0. The quantitative estimate of drug-likeness (QED) is 0.907. The van der Waals surface area contributed by atoms with E-state index in [1.165, 1.54) is 6.42 Å². The van der Waals surface area contributed by atoms with E-state index in [4.69, 9.17) is 23.2 Å². The van der Waals surface area contributed by atoms with Crippen LogP contribution >= 0.6 is 23.2 Å². The second kappa shape index (κ2) is 6.79. The highest BCUT2D eigenvalue weighted by Gasteiger charge is 2.26. The molecule has 0 saturated carbocycles. The Balaban J connectivity index is 1.98. The molecule has 110 valence electrons. The zero-order chi connectivity index (χ0) is 14.7. The zero-order valence-corrected chi connectivity index (χ0v) is 13.3. The summed E-state index contributed by atoms with van der Waals surface area (Å²) in [5.74, 6) is -0.0241. The first kappa shape index (κ1) is 15.6. The molecule has 1 N–H and O–H groups in total. The van der Waals surface area contributed by atoms with Crippen LogP contribution in [-0.4, -0.2) is 29.4 Å². The molecule has 2 unspecified atom stereocenters. The molecule has 0 aliphatic carbocycles. The van der Waals surface area contributed by atoms with Crippen LogP contribution in [-0.2, 0) is 4.79 Å². The minimum atomic E-state index is -0.0241. The largest absolute Gasteiger partial charge is 0.325 e. The SMILES string of the molecule is CC1CCCC(C)N1CC(=O)Nc1cc(Cl)cc(Cl)c1. The fraction of sp³-hybridized carbons (Fsp3) is 0.533. The Kier molecular flexibility index (Phi) is 5.30. The number of amides is 1. The number of piperidine rings is 1. The summed E-state index contributed by atoms with van der Waals surface area (Å²) in [5.41, 5.74) is 0.643. The Morgan fingerprint density at radius 1 is 1.20 bits per heavy atom. The molecule has 1 saturated heterocycles. The highest BCUT2D eigenvalue weighted by atomic mass is 35.5. The lowest BCUT2D eigenvalue weighted by Crippen LogP contribution is -2.47. The molecule has 3 nitrogen and oxygen atoms in total. The third-order valence-electron chi connectivity index (χ3n) is 3.85. The van der Waals surface area contributed by atoms with E-state index in [0.29, 0.717) is 34.4 Å². The minimum absolute atomic E-state index is 0.0241. The fourth-order valence-corrected chi connectivity index (χ4v) is 3.30. The third-order valence-corrected chi connectivity index (χ3v) is 4.29. The van der Waals surface area contributed by atoms with E-state index in [9.17, 15) is 4.79 Å². The van der Waals surface area contributed by atoms with Gasteiger partial charge in [-0.05, 0) is 44.9 Å². The van der Waals surface area contributed by atoms with Crippen LogP contribution in [0.4, 0.5) is 5.69 Å². The van der Waals surface area contributed by atoms with Gasteiger partial charge < -0.3 is 5.32 Å². The van der Waals surface area contributed by atoms with Gasteiger partial charge in [0.15, 0.2) is 0 Å². The average molecular weight is 315 g/mol. The van der Waals surface area contributed by atoms with Crippen molar-refractivity contribution in [1.29, 1.82) is 0 Å². The first-order valence-electron chi connectivity index (χ1n) is 6.97. The highest BCUT2D eigenvalue weighted by molar-refractivity contribution is 6.35. The minimum Gasteiger partial charge on any atom is -0.325 e. The Hall–Kier alpha value is -0.770. The van der Waals surface area contributed by atoms with E-state index in [-0.39, 0.29) is 5.91 Å². The number of nitrogens with zero attached hydrogens (tertiary/aromatic N) is 1. The van der Waals surface area contributed by atoms with Crippen LogP contribution < -0.4 is 5.32 Å². The van der Waals surface area contributed by atoms with Crippen molar-refractivity contribution in [1.82, 2.24) is 4.90 Å². The van der Waals surface area contributed by atoms with Crippen molar-refractivity contribution < 1.29 is 4.79 Å². The van der Waals surface area contributed by atoms with Gasteiger partial charge in [-0.3, -0.25) is 9.69 Å². The number of benzene rings is 1. The number of hydrogen-bond donors (Lipinski definition) is 1. The second-order valence-electron chi connectivity index (χ2n) is 5.51. The van der Waals surface area contributed by atoms with Gasteiger partial charge in [0.05, 0.1) is 6.54 Å². The topological polar surface area (TPSA) is 32.3 Å². The number of rotatable bonds is 3. The van der Waals surface area contributed by atoms with Gasteiger partial charge in [-0.15, -0.1) is 0 Å². The van der Waals surface area contributed by atoms with E-state index < -0.39 is 0 Å². The predicted molar refractivity (Wildman–Crippen MR) is 84.6 cm³/mol. The van der Waals surface area contributed by atoms with Gasteiger partial charge in [0.2, 0.25) is 5.91 Å². The molecule has 1 aromatic rings. The van der Waals surface area contributed by atoms with E-state index in [0.717, 1.165) is 12.8 Å². The van der Waals surface area contributed by atoms with Crippen LogP contribution in [0.15, 0.2) is 18.2 Å². The molecule has 0 radical (unpaired) electrons. The van der Waals surface area contributed by atoms with Gasteiger partial charge in [-0.1, -0.05) is 29.6 Å². The van der Waals surface area contributed by atoms with Crippen LogP contribution in [0.2, 0.25) is 10.0 Å². The van der Waals surface area contributed by atoms with Gasteiger partial charge in [-0.2, -0.15) is 0 Å². The van der Waals surface area contributed by atoms with Crippen LogP contribution in [0.3, 0.4) is 0 Å². The Labute approximate surface area is 130 Å². The Morgan fingerprint density at radius 3 is 2.30 bits per heavy atom. The predicted octanol–water partition coefficient (Wildman–Crippen LogP) is 4.19. The van der Waals surface area contributed by atoms with Crippen molar-refractivity contribution in [3.8, 4) is 0 Å². The second-order valence-corrected chi connectivity index (χ2v) is 6.38. The summed E-state index contributed by atoms with van der Waals surface area (Å²) in [6, 6.07) is 5.95. The molecule has 1 aromatic carbocycles. The van der Waals surface area contributed by atoms with Gasteiger partial charge in [0, 0.05) is 27.8 Å². The number of nitrogens with one attached hydrogen (secondary N) is 1. The molecule has 1 aliphatic heterocycles. The Morgan fingerprint density at radius 2 is 1.75 bits per heavy atom. The monoisotopic (exact) mass is 314 g/mol. The van der Waals surface area contributed by atoms with Crippen molar-refractivity contribution >= 4 is 34.8 Å². The van der Waals surface area contributed by atoms with Gasteiger partial charge >= 0.3 is 0 Å². The number of likely N-dealkylation sites (tertiary alicyclic amines) is 1. The van der Waals surface area contributed by atoms with Gasteiger partial charge in [0.25, 0.3) is 0 Å². The summed E-state index contributed by atoms with van der Waals surface area (Å²) >= 11 is 11.9. The van der Waals surface area contributed by atoms with Crippen LogP contribution in [0, 0.1) is 0 Å². The van der Waals surface area contributed by atoms with E-state index in [1.807, 2.05) is 0 Å². The normalized spacial score (nSPS) is 23.6. The molecule has 1 heterocycles. The number of carbonyl (C=O) groups excluding carboxylic acids is 1. The van der Waals surface area contributed by atoms with E-state index in [2.05, 4.69) is 24.1 Å². The third kappa shape index (κ3) is 4.11. The first-order chi connectivity index (χ1) is 9.45.